The highest BCUT2D eigenvalue weighted by atomic mass is 19.4. The molecule has 0 saturated carbocycles. The van der Waals surface area contributed by atoms with Gasteiger partial charge in [-0.3, -0.25) is 4.99 Å². The summed E-state index contributed by atoms with van der Waals surface area (Å²) in [6, 6.07) is 5.31. The number of halogens is 4. The van der Waals surface area contributed by atoms with Gasteiger partial charge in [0.15, 0.2) is 0 Å². The molecule has 19 heavy (non-hydrogen) atoms. The molecule has 0 spiro atoms. The normalized spacial score (nSPS) is 13.5. The SMILES string of the molecule is C=CC(=N/C(=C\C)CC(F)(F)F)c1ccc(F)cc1. The Kier molecular flexibility index (Phi) is 5.03. The number of rotatable bonds is 4. The predicted octanol–water partition coefficient (Wildman–Crippen LogP) is 4.66. The fourth-order valence-electron chi connectivity index (χ4n) is 1.41. The largest absolute Gasteiger partial charge is 0.394 e. The van der Waals surface area contributed by atoms with E-state index in [-0.39, 0.29) is 11.4 Å². The second kappa shape index (κ2) is 6.31. The van der Waals surface area contributed by atoms with Crippen molar-refractivity contribution in [2.75, 3.05) is 0 Å². The zero-order valence-electron chi connectivity index (χ0n) is 10.3. The lowest BCUT2D eigenvalue weighted by atomic mass is 10.1. The first kappa shape index (κ1) is 15.1. The second-order valence-corrected chi connectivity index (χ2v) is 3.78. The molecule has 0 atom stereocenters. The summed E-state index contributed by atoms with van der Waals surface area (Å²) in [7, 11) is 0. The van der Waals surface area contributed by atoms with Gasteiger partial charge < -0.3 is 0 Å². The summed E-state index contributed by atoms with van der Waals surface area (Å²) in [5.74, 6) is -0.422. The minimum Gasteiger partial charge on any atom is -0.253 e. The molecular weight excluding hydrogens is 258 g/mol. The Bertz CT molecular complexity index is 495. The van der Waals surface area contributed by atoms with Crippen LogP contribution in [0.2, 0.25) is 0 Å². The summed E-state index contributed by atoms with van der Waals surface area (Å²) in [6.45, 7) is 4.99. The Labute approximate surface area is 109 Å². The first-order chi connectivity index (χ1) is 8.85. The molecular formula is C14H13F4N. The van der Waals surface area contributed by atoms with Crippen molar-refractivity contribution in [3.8, 4) is 0 Å². The number of benzene rings is 1. The maximum Gasteiger partial charge on any atom is 0.394 e. The monoisotopic (exact) mass is 271 g/mol. The Morgan fingerprint density at radius 1 is 1.26 bits per heavy atom. The maximum absolute atomic E-state index is 12.8. The van der Waals surface area contributed by atoms with E-state index < -0.39 is 18.4 Å². The van der Waals surface area contributed by atoms with Gasteiger partial charge in [0, 0.05) is 11.3 Å². The molecule has 1 nitrogen and oxygen atoms in total. The molecule has 0 amide bonds. The van der Waals surface area contributed by atoms with Crippen LogP contribution in [0.5, 0.6) is 0 Å². The highest BCUT2D eigenvalue weighted by Crippen LogP contribution is 2.25. The topological polar surface area (TPSA) is 12.4 Å². The van der Waals surface area contributed by atoms with Crippen LogP contribution in [0.1, 0.15) is 18.9 Å². The van der Waals surface area contributed by atoms with E-state index in [1.807, 2.05) is 0 Å². The van der Waals surface area contributed by atoms with E-state index in [0.717, 1.165) is 0 Å². The van der Waals surface area contributed by atoms with E-state index in [1.54, 1.807) is 0 Å². The van der Waals surface area contributed by atoms with Gasteiger partial charge in [0.1, 0.15) is 5.82 Å². The highest BCUT2D eigenvalue weighted by Gasteiger charge is 2.28. The quantitative estimate of drug-likeness (QED) is 0.558. The zero-order valence-corrected chi connectivity index (χ0v) is 10.3. The number of hydrogen-bond acceptors (Lipinski definition) is 1. The molecule has 0 fully saturated rings. The van der Waals surface area contributed by atoms with Crippen LogP contribution in [0.15, 0.2) is 53.7 Å². The van der Waals surface area contributed by atoms with Crippen LogP contribution < -0.4 is 0 Å². The number of nitrogens with zero attached hydrogens (tertiary/aromatic N) is 1. The Balaban J connectivity index is 3.04. The van der Waals surface area contributed by atoms with Crippen LogP contribution in [0, 0.1) is 5.82 Å². The van der Waals surface area contributed by atoms with Crippen molar-refractivity contribution in [3.63, 3.8) is 0 Å². The van der Waals surface area contributed by atoms with Crippen molar-refractivity contribution in [3.05, 3.63) is 60.1 Å². The number of alkyl halides is 3. The molecule has 0 heterocycles. The van der Waals surface area contributed by atoms with Gasteiger partial charge in [0.2, 0.25) is 0 Å². The van der Waals surface area contributed by atoms with Crippen LogP contribution in [0.25, 0.3) is 0 Å². The lowest BCUT2D eigenvalue weighted by molar-refractivity contribution is -0.127. The molecule has 0 aliphatic heterocycles. The lowest BCUT2D eigenvalue weighted by Gasteiger charge is -2.08. The lowest BCUT2D eigenvalue weighted by Crippen LogP contribution is -2.09. The van der Waals surface area contributed by atoms with E-state index in [9.17, 15) is 17.6 Å². The molecule has 1 rings (SSSR count). The van der Waals surface area contributed by atoms with Gasteiger partial charge in [-0.05, 0) is 37.3 Å². The van der Waals surface area contributed by atoms with Crippen molar-refractivity contribution < 1.29 is 17.6 Å². The minimum absolute atomic E-state index is 0.105. The fraction of sp³-hybridized carbons (Fsp3) is 0.214. The standard InChI is InChI=1S/C14H13F4N/c1-3-12(9-14(16,17)18)19-13(4-2)10-5-7-11(15)8-6-10/h3-8H,2,9H2,1H3/b12-3-,19-13?. The maximum atomic E-state index is 12.8. The average Bonchev–Trinajstić information content (AvgIpc) is 2.34. The first-order valence-electron chi connectivity index (χ1n) is 5.54. The van der Waals surface area contributed by atoms with Crippen molar-refractivity contribution in [2.24, 2.45) is 4.99 Å². The van der Waals surface area contributed by atoms with Gasteiger partial charge in [-0.25, -0.2) is 4.39 Å². The molecule has 0 bridgehead atoms. The molecule has 5 heteroatoms. The van der Waals surface area contributed by atoms with Crippen LogP contribution in [0.4, 0.5) is 17.6 Å². The first-order valence-corrected chi connectivity index (χ1v) is 5.54. The van der Waals surface area contributed by atoms with Gasteiger partial charge >= 0.3 is 6.18 Å². The molecule has 0 aliphatic rings. The Morgan fingerprint density at radius 2 is 1.84 bits per heavy atom. The number of aliphatic imine (C=N–C) groups is 1. The highest BCUT2D eigenvalue weighted by molar-refractivity contribution is 6.08. The molecule has 0 N–H and O–H groups in total. The third-order valence-corrected chi connectivity index (χ3v) is 2.31. The summed E-state index contributed by atoms with van der Waals surface area (Å²) in [5.41, 5.74) is 0.682. The fourth-order valence-corrected chi connectivity index (χ4v) is 1.41. The Morgan fingerprint density at radius 3 is 2.26 bits per heavy atom. The van der Waals surface area contributed by atoms with Gasteiger partial charge in [-0.1, -0.05) is 12.7 Å². The van der Waals surface area contributed by atoms with Gasteiger partial charge in [-0.2, -0.15) is 13.2 Å². The van der Waals surface area contributed by atoms with Crippen molar-refractivity contribution in [2.45, 2.75) is 19.5 Å². The van der Waals surface area contributed by atoms with Crippen molar-refractivity contribution in [1.82, 2.24) is 0 Å². The molecule has 0 unspecified atom stereocenters. The van der Waals surface area contributed by atoms with E-state index in [2.05, 4.69) is 11.6 Å². The summed E-state index contributed by atoms with van der Waals surface area (Å²) in [4.78, 5) is 3.92. The van der Waals surface area contributed by atoms with Gasteiger partial charge in [0.05, 0.1) is 12.1 Å². The number of allylic oxidation sites excluding steroid dienone is 3. The van der Waals surface area contributed by atoms with Gasteiger partial charge in [-0.15, -0.1) is 0 Å². The van der Waals surface area contributed by atoms with E-state index in [1.165, 1.54) is 43.3 Å². The molecule has 1 aromatic rings. The molecule has 0 saturated heterocycles. The second-order valence-electron chi connectivity index (χ2n) is 3.78. The van der Waals surface area contributed by atoms with E-state index >= 15 is 0 Å². The van der Waals surface area contributed by atoms with Gasteiger partial charge in [0.25, 0.3) is 0 Å². The van der Waals surface area contributed by atoms with Crippen LogP contribution >= 0.6 is 0 Å². The Hall–Kier alpha value is -1.91. The average molecular weight is 271 g/mol. The van der Waals surface area contributed by atoms with E-state index in [4.69, 9.17) is 0 Å². The predicted molar refractivity (Wildman–Crippen MR) is 67.6 cm³/mol. The third-order valence-electron chi connectivity index (χ3n) is 2.31. The van der Waals surface area contributed by atoms with Crippen molar-refractivity contribution >= 4 is 5.71 Å². The molecule has 0 radical (unpaired) electrons. The molecule has 0 aromatic heterocycles. The summed E-state index contributed by atoms with van der Waals surface area (Å²) in [6.07, 6.45) is -2.80. The molecule has 1 aromatic carbocycles. The molecule has 0 aliphatic carbocycles. The van der Waals surface area contributed by atoms with Crippen LogP contribution in [0.3, 0.4) is 0 Å². The smallest absolute Gasteiger partial charge is 0.253 e. The minimum atomic E-state index is -4.32. The summed E-state index contributed by atoms with van der Waals surface area (Å²) >= 11 is 0. The van der Waals surface area contributed by atoms with Crippen molar-refractivity contribution in [1.29, 1.82) is 0 Å². The zero-order chi connectivity index (χ0) is 14.5. The summed E-state index contributed by atoms with van der Waals surface area (Å²) in [5, 5.41) is 0. The van der Waals surface area contributed by atoms with Crippen LogP contribution in [-0.4, -0.2) is 11.9 Å². The number of hydrogen-bond donors (Lipinski definition) is 0. The van der Waals surface area contributed by atoms with Crippen LogP contribution in [-0.2, 0) is 0 Å². The third kappa shape index (κ3) is 5.07. The summed E-state index contributed by atoms with van der Waals surface area (Å²) < 4.78 is 49.7. The van der Waals surface area contributed by atoms with E-state index in [0.29, 0.717) is 5.56 Å². The molecule has 102 valence electrons.